The highest BCUT2D eigenvalue weighted by molar-refractivity contribution is 5.76. The molecule has 0 unspecified atom stereocenters. The van der Waals surface area contributed by atoms with Crippen LogP contribution in [0.2, 0.25) is 0 Å². The van der Waals surface area contributed by atoms with Crippen molar-refractivity contribution in [2.75, 3.05) is 0 Å². The number of benzene rings is 1. The molecule has 0 aliphatic carbocycles. The van der Waals surface area contributed by atoms with Gasteiger partial charge < -0.3 is 4.57 Å². The van der Waals surface area contributed by atoms with Gasteiger partial charge in [0.25, 0.3) is 0 Å². The topological polar surface area (TPSA) is 34.9 Å². The average Bonchev–Trinajstić information content (AvgIpc) is 2.86. The second-order valence-electron chi connectivity index (χ2n) is 5.07. The summed E-state index contributed by atoms with van der Waals surface area (Å²) in [6.07, 6.45) is 0.847. The summed E-state index contributed by atoms with van der Waals surface area (Å²) in [6, 6.07) is 17.6. The van der Waals surface area contributed by atoms with Crippen LogP contribution in [0.1, 0.15) is 21.7 Å². The predicted molar refractivity (Wildman–Crippen MR) is 83.9 cm³/mol. The summed E-state index contributed by atoms with van der Waals surface area (Å²) in [5.41, 5.74) is 4.90. The molecule has 0 fully saturated rings. The third-order valence-electron chi connectivity index (χ3n) is 3.58. The van der Waals surface area contributed by atoms with E-state index in [-0.39, 0.29) is 0 Å². The van der Waals surface area contributed by atoms with Gasteiger partial charge in [-0.05, 0) is 38.1 Å². The minimum absolute atomic E-state index is 0.673. The summed E-state index contributed by atoms with van der Waals surface area (Å²) < 4.78 is 2.13. The average molecular weight is 276 g/mol. The first-order valence-electron chi connectivity index (χ1n) is 6.87. The van der Waals surface area contributed by atoms with Gasteiger partial charge in [0.15, 0.2) is 0 Å². The summed E-state index contributed by atoms with van der Waals surface area (Å²) in [5.74, 6) is 0.909. The number of rotatable bonds is 3. The van der Waals surface area contributed by atoms with E-state index in [1.54, 1.807) is 0 Å². The molecular formula is C18H16N2O. The monoisotopic (exact) mass is 276 g/mol. The summed E-state index contributed by atoms with van der Waals surface area (Å²) >= 11 is 0. The quantitative estimate of drug-likeness (QED) is 0.678. The number of hydrogen-bond acceptors (Lipinski definition) is 2. The zero-order valence-electron chi connectivity index (χ0n) is 12.1. The fraction of sp³-hybridized carbons (Fsp3) is 0.111. The Labute approximate surface area is 123 Å². The van der Waals surface area contributed by atoms with Crippen LogP contribution >= 0.6 is 0 Å². The highest BCUT2D eigenvalue weighted by atomic mass is 16.1. The van der Waals surface area contributed by atoms with E-state index in [1.165, 1.54) is 0 Å². The lowest BCUT2D eigenvalue weighted by atomic mass is 10.1. The first-order chi connectivity index (χ1) is 10.2. The lowest BCUT2D eigenvalue weighted by Crippen LogP contribution is -2.02. The summed E-state index contributed by atoms with van der Waals surface area (Å²) in [7, 11) is 0. The molecule has 0 N–H and O–H groups in total. The van der Waals surface area contributed by atoms with E-state index in [1.807, 2.05) is 42.5 Å². The van der Waals surface area contributed by atoms with Crippen LogP contribution in [-0.4, -0.2) is 15.8 Å². The molecule has 0 radical (unpaired) electrons. The van der Waals surface area contributed by atoms with Gasteiger partial charge in [-0.2, -0.15) is 0 Å². The van der Waals surface area contributed by atoms with E-state index in [0.717, 1.165) is 34.7 Å². The molecule has 21 heavy (non-hydrogen) atoms. The van der Waals surface area contributed by atoms with E-state index < -0.39 is 0 Å². The van der Waals surface area contributed by atoms with Gasteiger partial charge in [0.2, 0.25) is 0 Å². The fourth-order valence-electron chi connectivity index (χ4n) is 2.47. The fourth-order valence-corrected chi connectivity index (χ4v) is 2.47. The molecule has 0 saturated heterocycles. The maximum atomic E-state index is 10.7. The highest BCUT2D eigenvalue weighted by Gasteiger charge is 2.07. The third-order valence-corrected chi connectivity index (χ3v) is 3.58. The summed E-state index contributed by atoms with van der Waals surface area (Å²) in [4.78, 5) is 15.5. The van der Waals surface area contributed by atoms with Crippen molar-refractivity contribution >= 4 is 6.29 Å². The number of pyridine rings is 1. The van der Waals surface area contributed by atoms with E-state index in [0.29, 0.717) is 5.56 Å². The number of aldehydes is 1. The Balaban J connectivity index is 2.05. The van der Waals surface area contributed by atoms with Crippen molar-refractivity contribution in [2.45, 2.75) is 13.8 Å². The van der Waals surface area contributed by atoms with Crippen LogP contribution in [0, 0.1) is 13.8 Å². The number of aryl methyl sites for hydroxylation is 2. The van der Waals surface area contributed by atoms with Crippen molar-refractivity contribution < 1.29 is 4.79 Å². The molecule has 3 aromatic rings. The minimum atomic E-state index is 0.673. The van der Waals surface area contributed by atoms with Crippen molar-refractivity contribution in [2.24, 2.45) is 0 Å². The molecule has 0 saturated carbocycles. The maximum Gasteiger partial charge on any atom is 0.150 e. The van der Waals surface area contributed by atoms with E-state index >= 15 is 0 Å². The molecule has 0 bridgehead atoms. The molecule has 1 aromatic carbocycles. The molecule has 3 rings (SSSR count). The molecule has 0 atom stereocenters. The van der Waals surface area contributed by atoms with Crippen LogP contribution in [0.25, 0.3) is 17.1 Å². The number of carbonyl (C=O) groups excluding carboxylic acids is 1. The van der Waals surface area contributed by atoms with Crippen molar-refractivity contribution in [3.63, 3.8) is 0 Å². The zero-order valence-corrected chi connectivity index (χ0v) is 12.1. The number of nitrogens with zero attached hydrogens (tertiary/aromatic N) is 2. The molecule has 0 amide bonds. The van der Waals surface area contributed by atoms with Crippen LogP contribution in [0.4, 0.5) is 0 Å². The van der Waals surface area contributed by atoms with Crippen LogP contribution in [0.5, 0.6) is 0 Å². The Bertz CT molecular complexity index is 766. The molecule has 2 heterocycles. The Morgan fingerprint density at radius 1 is 0.905 bits per heavy atom. The van der Waals surface area contributed by atoms with Crippen molar-refractivity contribution in [3.8, 4) is 17.1 Å². The smallest absolute Gasteiger partial charge is 0.150 e. The van der Waals surface area contributed by atoms with Gasteiger partial charge in [-0.3, -0.25) is 4.79 Å². The third kappa shape index (κ3) is 2.50. The molecule has 3 nitrogen and oxygen atoms in total. The van der Waals surface area contributed by atoms with Crippen molar-refractivity contribution in [3.05, 3.63) is 71.5 Å². The normalized spacial score (nSPS) is 10.6. The van der Waals surface area contributed by atoms with Crippen LogP contribution < -0.4 is 0 Å². The number of hydrogen-bond donors (Lipinski definition) is 0. The van der Waals surface area contributed by atoms with Gasteiger partial charge in [-0.15, -0.1) is 0 Å². The maximum absolute atomic E-state index is 10.7. The predicted octanol–water partition coefficient (Wildman–Crippen LogP) is 3.97. The Hall–Kier alpha value is -2.68. The number of carbonyl (C=O) groups is 1. The highest BCUT2D eigenvalue weighted by Crippen LogP contribution is 2.21. The van der Waals surface area contributed by atoms with E-state index in [9.17, 15) is 4.79 Å². The van der Waals surface area contributed by atoms with Gasteiger partial charge in [0.1, 0.15) is 12.1 Å². The SMILES string of the molecule is Cc1ccc(C)n1-c1cccc(-c2ccc(C=O)cc2)n1. The Kier molecular flexibility index (Phi) is 3.40. The molecule has 0 aliphatic heterocycles. The Morgan fingerprint density at radius 3 is 2.19 bits per heavy atom. The lowest BCUT2D eigenvalue weighted by Gasteiger charge is -2.10. The van der Waals surface area contributed by atoms with Crippen LogP contribution in [0.15, 0.2) is 54.6 Å². The van der Waals surface area contributed by atoms with Gasteiger partial charge in [0, 0.05) is 22.5 Å². The minimum Gasteiger partial charge on any atom is -0.303 e. The van der Waals surface area contributed by atoms with Crippen molar-refractivity contribution in [1.29, 1.82) is 0 Å². The largest absolute Gasteiger partial charge is 0.303 e. The van der Waals surface area contributed by atoms with E-state index in [2.05, 4.69) is 30.5 Å². The van der Waals surface area contributed by atoms with Gasteiger partial charge in [-0.1, -0.05) is 30.3 Å². The number of aromatic nitrogens is 2. The molecule has 104 valence electrons. The van der Waals surface area contributed by atoms with Crippen LogP contribution in [-0.2, 0) is 0 Å². The van der Waals surface area contributed by atoms with Gasteiger partial charge in [0.05, 0.1) is 5.69 Å². The molecule has 2 aromatic heterocycles. The van der Waals surface area contributed by atoms with E-state index in [4.69, 9.17) is 4.98 Å². The lowest BCUT2D eigenvalue weighted by molar-refractivity contribution is 0.112. The molecular weight excluding hydrogens is 260 g/mol. The standard InChI is InChI=1S/C18H16N2O/c1-13-6-7-14(2)20(13)18-5-3-4-17(19-18)16-10-8-15(12-21)9-11-16/h3-12H,1-2H3. The first kappa shape index (κ1) is 13.3. The molecule has 0 aliphatic rings. The zero-order chi connectivity index (χ0) is 14.8. The summed E-state index contributed by atoms with van der Waals surface area (Å²) in [6.45, 7) is 4.14. The second kappa shape index (κ2) is 5.37. The Morgan fingerprint density at radius 2 is 1.57 bits per heavy atom. The summed E-state index contributed by atoms with van der Waals surface area (Å²) in [5, 5.41) is 0. The van der Waals surface area contributed by atoms with Crippen LogP contribution in [0.3, 0.4) is 0 Å². The van der Waals surface area contributed by atoms with Gasteiger partial charge >= 0.3 is 0 Å². The second-order valence-corrected chi connectivity index (χ2v) is 5.07. The van der Waals surface area contributed by atoms with Gasteiger partial charge in [-0.25, -0.2) is 4.98 Å². The first-order valence-corrected chi connectivity index (χ1v) is 6.87. The molecule has 3 heteroatoms. The van der Waals surface area contributed by atoms with Crippen molar-refractivity contribution in [1.82, 2.24) is 9.55 Å². The molecule has 0 spiro atoms.